The van der Waals surface area contributed by atoms with Crippen molar-refractivity contribution in [3.63, 3.8) is 0 Å². The number of sulfonamides is 1. The summed E-state index contributed by atoms with van der Waals surface area (Å²) < 4.78 is 30.0. The van der Waals surface area contributed by atoms with Crippen LogP contribution in [-0.4, -0.2) is 51.6 Å². The maximum Gasteiger partial charge on any atom is 0.270 e. The van der Waals surface area contributed by atoms with Crippen molar-refractivity contribution < 1.29 is 18.1 Å². The second-order valence-electron chi connectivity index (χ2n) is 8.37. The molecule has 1 fully saturated rings. The highest BCUT2D eigenvalue weighted by Crippen LogP contribution is 2.31. The van der Waals surface area contributed by atoms with Gasteiger partial charge >= 0.3 is 0 Å². The molecule has 0 bridgehead atoms. The molecule has 0 radical (unpaired) electrons. The number of carbonyl (C=O) groups is 1. The predicted octanol–water partition coefficient (Wildman–Crippen LogP) is 3.36. The molecule has 0 spiro atoms. The number of hydrogen-bond donors (Lipinski definition) is 1. The Kier molecular flexibility index (Phi) is 6.51. The van der Waals surface area contributed by atoms with Gasteiger partial charge in [-0.25, -0.2) is 13.1 Å². The van der Waals surface area contributed by atoms with Gasteiger partial charge in [-0.2, -0.15) is 4.31 Å². The highest BCUT2D eigenvalue weighted by molar-refractivity contribution is 7.91. The van der Waals surface area contributed by atoms with Crippen LogP contribution in [-0.2, 0) is 16.6 Å². The molecule has 186 valence electrons. The summed E-state index contributed by atoms with van der Waals surface area (Å²) in [6.45, 7) is 0.860. The number of aromatic nitrogens is 3. The van der Waals surface area contributed by atoms with Crippen LogP contribution in [0.5, 0.6) is 0 Å². The second kappa shape index (κ2) is 9.76. The van der Waals surface area contributed by atoms with Gasteiger partial charge in [-0.15, -0.1) is 16.4 Å². The van der Waals surface area contributed by atoms with E-state index in [1.807, 2.05) is 28.9 Å². The van der Waals surface area contributed by atoms with Crippen LogP contribution in [0.1, 0.15) is 34.1 Å². The largest absolute Gasteiger partial charge is 0.347 e. The van der Waals surface area contributed by atoms with E-state index in [2.05, 4.69) is 15.6 Å². The molecule has 0 saturated carbocycles. The van der Waals surface area contributed by atoms with Crippen molar-refractivity contribution in [1.29, 1.82) is 0 Å². The Balaban J connectivity index is 1.21. The average Bonchev–Trinajstić information content (AvgIpc) is 3.55. The minimum Gasteiger partial charge on any atom is -0.347 e. The van der Waals surface area contributed by atoms with Gasteiger partial charge in [0.15, 0.2) is 0 Å². The Labute approximate surface area is 210 Å². The summed E-state index contributed by atoms with van der Waals surface area (Å²) in [6, 6.07) is 16.4. The van der Waals surface area contributed by atoms with Crippen LogP contribution in [0.4, 0.5) is 5.69 Å². The molecule has 13 heteroatoms. The molecule has 4 aromatic rings. The molecule has 2 aromatic carbocycles. The fraction of sp³-hybridized carbons (Fsp3) is 0.261. The Morgan fingerprint density at radius 3 is 2.67 bits per heavy atom. The Morgan fingerprint density at radius 1 is 1.11 bits per heavy atom. The SMILES string of the molecule is O=C(NCc1ccc(S(=O)(=O)N2CCC(n3nnc4ccccc43)CC2)s1)c1cccc([N+](=O)[O-])c1. The van der Waals surface area contributed by atoms with Crippen LogP contribution in [0, 0.1) is 10.1 Å². The van der Waals surface area contributed by atoms with Crippen molar-refractivity contribution in [1.82, 2.24) is 24.6 Å². The van der Waals surface area contributed by atoms with Crippen molar-refractivity contribution in [3.8, 4) is 0 Å². The summed E-state index contributed by atoms with van der Waals surface area (Å²) in [5, 5.41) is 22.1. The standard InChI is InChI=1S/C23H22N6O5S2/c30-23(16-4-3-5-18(14-16)29(31)32)24-15-19-8-9-22(35-19)36(33,34)27-12-10-17(11-13-27)28-21-7-2-1-6-20(21)25-26-28/h1-9,14,17H,10-13,15H2,(H,24,30). The number of rotatable bonds is 7. The Hall–Kier alpha value is -3.68. The molecular weight excluding hydrogens is 504 g/mol. The normalized spacial score (nSPS) is 15.2. The van der Waals surface area contributed by atoms with Gasteiger partial charge in [0.25, 0.3) is 21.6 Å². The van der Waals surface area contributed by atoms with Crippen LogP contribution in [0.25, 0.3) is 11.0 Å². The number of nitro benzene ring substituents is 1. The number of nitro groups is 1. The van der Waals surface area contributed by atoms with Gasteiger partial charge in [0.1, 0.15) is 9.73 Å². The molecule has 1 aliphatic rings. The third-order valence-electron chi connectivity index (χ3n) is 6.12. The van der Waals surface area contributed by atoms with Gasteiger partial charge in [0.2, 0.25) is 0 Å². The number of benzene rings is 2. The maximum absolute atomic E-state index is 13.2. The van der Waals surface area contributed by atoms with E-state index in [4.69, 9.17) is 0 Å². The van der Waals surface area contributed by atoms with E-state index >= 15 is 0 Å². The zero-order valence-electron chi connectivity index (χ0n) is 19.0. The molecule has 1 aliphatic heterocycles. The Bertz CT molecular complexity index is 1540. The van der Waals surface area contributed by atoms with E-state index < -0.39 is 20.9 Å². The van der Waals surface area contributed by atoms with Gasteiger partial charge < -0.3 is 5.32 Å². The van der Waals surface area contributed by atoms with Crippen molar-refractivity contribution >= 4 is 44.0 Å². The smallest absolute Gasteiger partial charge is 0.270 e. The summed E-state index contributed by atoms with van der Waals surface area (Å²) in [5.74, 6) is -0.473. The van der Waals surface area contributed by atoms with Gasteiger partial charge in [-0.3, -0.25) is 14.9 Å². The van der Waals surface area contributed by atoms with Crippen LogP contribution >= 0.6 is 11.3 Å². The number of carbonyl (C=O) groups excluding carboxylic acids is 1. The molecule has 0 atom stereocenters. The van der Waals surface area contributed by atoms with Crippen LogP contribution in [0.15, 0.2) is 64.9 Å². The predicted molar refractivity (Wildman–Crippen MR) is 133 cm³/mol. The summed E-state index contributed by atoms with van der Waals surface area (Å²) in [5.41, 5.74) is 1.75. The van der Waals surface area contributed by atoms with E-state index in [0.717, 1.165) is 22.4 Å². The molecule has 1 N–H and O–H groups in total. The molecular formula is C23H22N6O5S2. The molecule has 5 rings (SSSR count). The number of thiophene rings is 1. The number of non-ortho nitro benzene ring substituents is 1. The molecule has 11 nitrogen and oxygen atoms in total. The lowest BCUT2D eigenvalue weighted by Gasteiger charge is -2.30. The third-order valence-corrected chi connectivity index (χ3v) is 9.57. The van der Waals surface area contributed by atoms with Crippen LogP contribution < -0.4 is 5.32 Å². The first-order valence-electron chi connectivity index (χ1n) is 11.2. The summed E-state index contributed by atoms with van der Waals surface area (Å²) in [4.78, 5) is 23.4. The minimum absolute atomic E-state index is 0.0757. The zero-order chi connectivity index (χ0) is 25.3. The number of nitrogens with one attached hydrogen (secondary N) is 1. The minimum atomic E-state index is -3.66. The zero-order valence-corrected chi connectivity index (χ0v) is 20.6. The van der Waals surface area contributed by atoms with Gasteiger partial charge in [0.05, 0.1) is 23.0 Å². The fourth-order valence-electron chi connectivity index (χ4n) is 4.23. The lowest BCUT2D eigenvalue weighted by Crippen LogP contribution is -2.38. The topological polar surface area (TPSA) is 140 Å². The maximum atomic E-state index is 13.2. The molecule has 2 aromatic heterocycles. The van der Waals surface area contributed by atoms with E-state index in [0.29, 0.717) is 30.8 Å². The number of hydrogen-bond acceptors (Lipinski definition) is 8. The first-order valence-corrected chi connectivity index (χ1v) is 13.5. The lowest BCUT2D eigenvalue weighted by atomic mass is 10.1. The van der Waals surface area contributed by atoms with Gasteiger partial charge in [-0.1, -0.05) is 23.4 Å². The van der Waals surface area contributed by atoms with Crippen molar-refractivity contribution in [3.05, 3.63) is 81.2 Å². The second-order valence-corrected chi connectivity index (χ2v) is 11.7. The quantitative estimate of drug-likeness (QED) is 0.288. The molecule has 1 amide bonds. The Morgan fingerprint density at radius 2 is 1.89 bits per heavy atom. The molecule has 36 heavy (non-hydrogen) atoms. The van der Waals surface area contributed by atoms with E-state index in [1.54, 1.807) is 12.1 Å². The van der Waals surface area contributed by atoms with Crippen molar-refractivity contribution in [2.24, 2.45) is 0 Å². The van der Waals surface area contributed by atoms with Crippen molar-refractivity contribution in [2.75, 3.05) is 13.1 Å². The number of amides is 1. The number of nitrogens with zero attached hydrogens (tertiary/aromatic N) is 5. The summed E-state index contributed by atoms with van der Waals surface area (Å²) in [7, 11) is -3.66. The summed E-state index contributed by atoms with van der Waals surface area (Å²) >= 11 is 1.10. The fourth-order valence-corrected chi connectivity index (χ4v) is 7.15. The highest BCUT2D eigenvalue weighted by atomic mass is 32.2. The molecule has 1 saturated heterocycles. The first-order chi connectivity index (χ1) is 17.3. The van der Waals surface area contributed by atoms with E-state index in [1.165, 1.54) is 28.6 Å². The van der Waals surface area contributed by atoms with Gasteiger partial charge in [0, 0.05) is 35.7 Å². The van der Waals surface area contributed by atoms with E-state index in [-0.39, 0.29) is 28.0 Å². The lowest BCUT2D eigenvalue weighted by molar-refractivity contribution is -0.384. The highest BCUT2D eigenvalue weighted by Gasteiger charge is 2.32. The summed E-state index contributed by atoms with van der Waals surface area (Å²) in [6.07, 6.45) is 1.26. The first kappa shape index (κ1) is 24.0. The van der Waals surface area contributed by atoms with Crippen LogP contribution in [0.3, 0.4) is 0 Å². The molecule has 3 heterocycles. The van der Waals surface area contributed by atoms with Gasteiger partial charge in [-0.05, 0) is 43.2 Å². The monoisotopic (exact) mass is 526 g/mol. The van der Waals surface area contributed by atoms with E-state index in [9.17, 15) is 23.3 Å². The molecule has 0 aliphatic carbocycles. The molecule has 0 unspecified atom stereocenters. The average molecular weight is 527 g/mol. The number of fused-ring (bicyclic) bond motifs is 1. The number of para-hydroxylation sites is 1. The third kappa shape index (κ3) is 4.72. The number of piperidine rings is 1. The van der Waals surface area contributed by atoms with Crippen LogP contribution in [0.2, 0.25) is 0 Å². The van der Waals surface area contributed by atoms with Crippen molar-refractivity contribution in [2.45, 2.75) is 29.6 Å².